The minimum atomic E-state index is 0.468. The van der Waals surface area contributed by atoms with E-state index in [0.29, 0.717) is 28.9 Å². The molecule has 1 aromatic carbocycles. The largest absolute Gasteiger partial charge is 0.437 e. The molecule has 32 heavy (non-hydrogen) atoms. The van der Waals surface area contributed by atoms with Gasteiger partial charge in [0.1, 0.15) is 11.5 Å². The molecule has 0 saturated heterocycles. The molecule has 5 rings (SSSR count). The van der Waals surface area contributed by atoms with Crippen LogP contribution in [-0.4, -0.2) is 32.8 Å². The Morgan fingerprint density at radius 3 is 2.84 bits per heavy atom. The fourth-order valence-electron chi connectivity index (χ4n) is 4.52. The van der Waals surface area contributed by atoms with Gasteiger partial charge in [0.15, 0.2) is 5.75 Å². The van der Waals surface area contributed by atoms with Gasteiger partial charge in [0.25, 0.3) is 0 Å². The summed E-state index contributed by atoms with van der Waals surface area (Å²) in [5, 5.41) is 17.3. The molecule has 1 saturated carbocycles. The summed E-state index contributed by atoms with van der Waals surface area (Å²) < 4.78 is 8.06. The quantitative estimate of drug-likeness (QED) is 0.638. The molecule has 0 bridgehead atoms. The lowest BCUT2D eigenvalue weighted by Crippen LogP contribution is -2.19. The molecule has 1 fully saturated rings. The highest BCUT2D eigenvalue weighted by atomic mass is 16.5. The van der Waals surface area contributed by atoms with Crippen molar-refractivity contribution in [1.82, 2.24) is 25.1 Å². The lowest BCUT2D eigenvalue weighted by molar-refractivity contribution is 0.453. The molecule has 2 aliphatic rings. The van der Waals surface area contributed by atoms with Crippen molar-refractivity contribution in [3.05, 3.63) is 65.4 Å². The van der Waals surface area contributed by atoms with E-state index in [-0.39, 0.29) is 0 Å². The van der Waals surface area contributed by atoms with Crippen LogP contribution in [0.5, 0.6) is 11.6 Å². The molecule has 1 aliphatic carbocycles. The van der Waals surface area contributed by atoms with Crippen LogP contribution in [0.3, 0.4) is 0 Å². The summed E-state index contributed by atoms with van der Waals surface area (Å²) >= 11 is 0. The summed E-state index contributed by atoms with van der Waals surface area (Å²) in [4.78, 5) is 9.16. The summed E-state index contributed by atoms with van der Waals surface area (Å²) in [5.74, 6) is 2.22. The highest BCUT2D eigenvalue weighted by molar-refractivity contribution is 5.66. The number of nitrogens with zero attached hydrogens (tertiary/aromatic N) is 5. The van der Waals surface area contributed by atoms with E-state index in [4.69, 9.17) is 4.74 Å². The molecule has 0 radical (unpaired) electrons. The van der Waals surface area contributed by atoms with E-state index in [1.807, 2.05) is 31.5 Å². The van der Waals surface area contributed by atoms with Crippen molar-refractivity contribution >= 4 is 5.57 Å². The minimum Gasteiger partial charge on any atom is -0.437 e. The van der Waals surface area contributed by atoms with Crippen molar-refractivity contribution in [1.29, 1.82) is 5.26 Å². The molecule has 2 aromatic heterocycles. The minimum absolute atomic E-state index is 0.468. The van der Waals surface area contributed by atoms with E-state index >= 15 is 0 Å². The van der Waals surface area contributed by atoms with Crippen LogP contribution in [0, 0.1) is 18.3 Å². The number of hydrogen-bond donors (Lipinski definition) is 1. The lowest BCUT2D eigenvalue weighted by Gasteiger charge is -2.14. The van der Waals surface area contributed by atoms with Crippen molar-refractivity contribution in [3.8, 4) is 23.4 Å². The first-order valence-electron chi connectivity index (χ1n) is 11.2. The van der Waals surface area contributed by atoms with Gasteiger partial charge in [-0.15, -0.1) is 0 Å². The van der Waals surface area contributed by atoms with Gasteiger partial charge >= 0.3 is 0 Å². The van der Waals surface area contributed by atoms with Crippen molar-refractivity contribution in [2.75, 3.05) is 13.1 Å². The second-order valence-corrected chi connectivity index (χ2v) is 8.41. The van der Waals surface area contributed by atoms with Crippen LogP contribution in [0.2, 0.25) is 0 Å². The number of nitrogens with one attached hydrogen (secondary N) is 1. The normalized spacial score (nSPS) is 16.6. The molecule has 1 aliphatic heterocycles. The van der Waals surface area contributed by atoms with E-state index in [1.54, 1.807) is 16.8 Å². The Bertz CT molecular complexity index is 1200. The smallest absolute Gasteiger partial charge is 0.222 e. The molecule has 162 valence electrons. The highest BCUT2D eigenvalue weighted by Crippen LogP contribution is 2.35. The van der Waals surface area contributed by atoms with Gasteiger partial charge in [-0.1, -0.05) is 18.9 Å². The third-order valence-electron chi connectivity index (χ3n) is 6.18. The number of aryl methyl sites for hydroxylation is 1. The van der Waals surface area contributed by atoms with E-state index in [1.165, 1.54) is 18.4 Å². The van der Waals surface area contributed by atoms with E-state index in [9.17, 15) is 5.26 Å². The van der Waals surface area contributed by atoms with Crippen LogP contribution in [0.15, 0.2) is 42.7 Å². The fourth-order valence-corrected chi connectivity index (χ4v) is 4.52. The van der Waals surface area contributed by atoms with Gasteiger partial charge in [0, 0.05) is 36.4 Å². The van der Waals surface area contributed by atoms with E-state index in [0.717, 1.165) is 49.3 Å². The second-order valence-electron chi connectivity index (χ2n) is 8.41. The monoisotopic (exact) mass is 426 g/mol. The Hall–Kier alpha value is -3.50. The first kappa shape index (κ1) is 20.4. The molecular formula is C25H26N6O. The van der Waals surface area contributed by atoms with Crippen LogP contribution in [0.4, 0.5) is 0 Å². The summed E-state index contributed by atoms with van der Waals surface area (Å²) in [5.41, 5.74) is 4.73. The predicted octanol–water partition coefficient (Wildman–Crippen LogP) is 4.67. The average Bonchev–Trinajstić information content (AvgIpc) is 3.52. The number of rotatable bonds is 5. The average molecular weight is 427 g/mol. The van der Waals surface area contributed by atoms with Crippen LogP contribution < -0.4 is 10.1 Å². The zero-order valence-corrected chi connectivity index (χ0v) is 18.2. The van der Waals surface area contributed by atoms with Gasteiger partial charge in [0.2, 0.25) is 5.88 Å². The van der Waals surface area contributed by atoms with Gasteiger partial charge in [-0.25, -0.2) is 9.67 Å². The van der Waals surface area contributed by atoms with Crippen LogP contribution in [-0.2, 0) is 0 Å². The SMILES string of the molecule is Cc1nc(Oc2cc(C#N)ccc2-n2cc(C3=CCNCC3)cn2)cc(C2CCCC2)n1. The number of ether oxygens (including phenoxy) is 1. The first-order valence-corrected chi connectivity index (χ1v) is 11.2. The number of benzene rings is 1. The van der Waals surface area contributed by atoms with Gasteiger partial charge in [0.05, 0.1) is 23.5 Å². The molecule has 1 N–H and O–H groups in total. The Morgan fingerprint density at radius 1 is 1.19 bits per heavy atom. The Morgan fingerprint density at radius 2 is 2.06 bits per heavy atom. The lowest BCUT2D eigenvalue weighted by atomic mass is 10.0. The van der Waals surface area contributed by atoms with Crippen molar-refractivity contribution < 1.29 is 4.74 Å². The molecule has 0 unspecified atom stereocenters. The molecule has 3 aromatic rings. The van der Waals surface area contributed by atoms with Gasteiger partial charge < -0.3 is 10.1 Å². The van der Waals surface area contributed by atoms with Gasteiger partial charge in [-0.3, -0.25) is 0 Å². The molecular weight excluding hydrogens is 400 g/mol. The fraction of sp³-hybridized carbons (Fsp3) is 0.360. The maximum atomic E-state index is 9.43. The van der Waals surface area contributed by atoms with Gasteiger partial charge in [-0.05, 0) is 50.4 Å². The Kier molecular flexibility index (Phi) is 5.70. The number of nitriles is 1. The summed E-state index contributed by atoms with van der Waals surface area (Å²) in [6.45, 7) is 3.74. The molecule has 0 atom stereocenters. The highest BCUT2D eigenvalue weighted by Gasteiger charge is 2.21. The van der Waals surface area contributed by atoms with Crippen molar-refractivity contribution in [2.24, 2.45) is 0 Å². The number of aromatic nitrogens is 4. The van der Waals surface area contributed by atoms with E-state index in [2.05, 4.69) is 32.5 Å². The zero-order chi connectivity index (χ0) is 21.9. The zero-order valence-electron chi connectivity index (χ0n) is 18.2. The third-order valence-corrected chi connectivity index (χ3v) is 6.18. The summed E-state index contributed by atoms with van der Waals surface area (Å²) in [6, 6.07) is 9.53. The summed E-state index contributed by atoms with van der Waals surface area (Å²) in [7, 11) is 0. The van der Waals surface area contributed by atoms with Crippen molar-refractivity contribution in [3.63, 3.8) is 0 Å². The Balaban J connectivity index is 1.49. The van der Waals surface area contributed by atoms with Crippen LogP contribution in [0.1, 0.15) is 60.7 Å². The van der Waals surface area contributed by atoms with Crippen molar-refractivity contribution in [2.45, 2.75) is 44.9 Å². The standard InChI is InChI=1S/C25H26N6O/c1-17-29-22(20-4-2-3-5-20)13-25(30-17)32-24-12-18(14-26)6-7-23(24)31-16-21(15-28-31)19-8-10-27-11-9-19/h6-8,12-13,15-16,20,27H,2-5,9-11H2,1H3. The molecule has 3 heterocycles. The van der Waals surface area contributed by atoms with E-state index < -0.39 is 0 Å². The number of hydrogen-bond acceptors (Lipinski definition) is 6. The second kappa shape index (κ2) is 8.93. The summed E-state index contributed by atoms with van der Waals surface area (Å²) in [6.07, 6.45) is 11.9. The molecule has 0 amide bonds. The maximum absolute atomic E-state index is 9.43. The maximum Gasteiger partial charge on any atom is 0.222 e. The third kappa shape index (κ3) is 4.27. The topological polar surface area (TPSA) is 88.6 Å². The van der Waals surface area contributed by atoms with Crippen LogP contribution in [0.25, 0.3) is 11.3 Å². The predicted molar refractivity (Wildman–Crippen MR) is 122 cm³/mol. The molecule has 7 heteroatoms. The Labute approximate surface area is 187 Å². The molecule has 7 nitrogen and oxygen atoms in total. The van der Waals surface area contributed by atoms with Gasteiger partial charge in [-0.2, -0.15) is 15.3 Å². The first-order chi connectivity index (χ1) is 15.7. The van der Waals surface area contributed by atoms with Crippen LogP contribution >= 0.6 is 0 Å². The molecule has 0 spiro atoms.